The van der Waals surface area contributed by atoms with Crippen molar-refractivity contribution in [3.63, 3.8) is 0 Å². The second-order valence-electron chi connectivity index (χ2n) is 3.52. The fraction of sp³-hybridized carbons (Fsp3) is 0.875. The summed E-state index contributed by atoms with van der Waals surface area (Å²) in [5, 5.41) is 14.1. The average molecular weight is 199 g/mol. The number of nitrogens with zero attached hydrogens (tertiary/aromatic N) is 4. The van der Waals surface area contributed by atoms with E-state index in [1.165, 1.54) is 0 Å². The van der Waals surface area contributed by atoms with Crippen LogP contribution in [0.5, 0.6) is 0 Å². The molecule has 1 aromatic heterocycles. The molecule has 6 heteroatoms. The van der Waals surface area contributed by atoms with Crippen molar-refractivity contribution in [3.05, 3.63) is 0 Å². The second kappa shape index (κ2) is 5.54. The number of aromatic nitrogens is 4. The van der Waals surface area contributed by atoms with Crippen LogP contribution in [0.2, 0.25) is 0 Å². The predicted octanol–water partition coefficient (Wildman–Crippen LogP) is 0.295. The lowest BCUT2D eigenvalue weighted by molar-refractivity contribution is 0.118. The number of anilines is 1. The van der Waals surface area contributed by atoms with Crippen LogP contribution in [0.1, 0.15) is 13.8 Å². The number of hydrogen-bond acceptors (Lipinski definition) is 5. The van der Waals surface area contributed by atoms with Gasteiger partial charge in [-0.3, -0.25) is 0 Å². The zero-order chi connectivity index (χ0) is 10.4. The summed E-state index contributed by atoms with van der Waals surface area (Å²) in [6.45, 7) is 6.44. The number of rotatable bonds is 6. The van der Waals surface area contributed by atoms with Crippen LogP contribution >= 0.6 is 0 Å². The largest absolute Gasteiger partial charge is 0.379 e. The Bertz CT molecular complexity index is 260. The van der Waals surface area contributed by atoms with Crippen LogP contribution < -0.4 is 5.32 Å². The van der Waals surface area contributed by atoms with Crippen molar-refractivity contribution in [3.8, 4) is 0 Å². The van der Waals surface area contributed by atoms with Crippen LogP contribution in [-0.4, -0.2) is 40.0 Å². The van der Waals surface area contributed by atoms with Crippen molar-refractivity contribution in [1.29, 1.82) is 0 Å². The van der Waals surface area contributed by atoms with Crippen molar-refractivity contribution in [2.24, 2.45) is 13.0 Å². The predicted molar refractivity (Wildman–Crippen MR) is 52.9 cm³/mol. The van der Waals surface area contributed by atoms with E-state index in [0.717, 1.165) is 13.2 Å². The molecule has 1 heterocycles. The lowest BCUT2D eigenvalue weighted by Gasteiger charge is -2.07. The first-order valence-electron chi connectivity index (χ1n) is 4.74. The molecule has 0 aliphatic carbocycles. The summed E-state index contributed by atoms with van der Waals surface area (Å²) in [4.78, 5) is 0. The third-order valence-electron chi connectivity index (χ3n) is 1.60. The van der Waals surface area contributed by atoms with Crippen LogP contribution in [0.25, 0.3) is 0 Å². The van der Waals surface area contributed by atoms with E-state index in [1.807, 2.05) is 0 Å². The van der Waals surface area contributed by atoms with E-state index in [2.05, 4.69) is 34.7 Å². The number of aryl methyl sites for hydroxylation is 1. The van der Waals surface area contributed by atoms with Crippen molar-refractivity contribution in [2.75, 3.05) is 25.1 Å². The van der Waals surface area contributed by atoms with Gasteiger partial charge in [0.25, 0.3) is 0 Å². The maximum atomic E-state index is 5.39. The molecule has 6 nitrogen and oxygen atoms in total. The lowest BCUT2D eigenvalue weighted by Crippen LogP contribution is -2.14. The first kappa shape index (κ1) is 10.9. The van der Waals surface area contributed by atoms with Crippen molar-refractivity contribution < 1.29 is 4.74 Å². The van der Waals surface area contributed by atoms with Crippen LogP contribution in [0.4, 0.5) is 5.95 Å². The van der Waals surface area contributed by atoms with E-state index in [-0.39, 0.29) is 0 Å². The van der Waals surface area contributed by atoms with Crippen molar-refractivity contribution >= 4 is 5.95 Å². The van der Waals surface area contributed by atoms with E-state index in [9.17, 15) is 0 Å². The van der Waals surface area contributed by atoms with E-state index < -0.39 is 0 Å². The summed E-state index contributed by atoms with van der Waals surface area (Å²) in [6, 6.07) is 0. The SMILES string of the molecule is CC(C)COCCNc1nnnn1C. The summed E-state index contributed by atoms with van der Waals surface area (Å²) in [5.41, 5.74) is 0. The summed E-state index contributed by atoms with van der Waals surface area (Å²) >= 11 is 0. The molecule has 0 aromatic carbocycles. The number of nitrogens with one attached hydrogen (secondary N) is 1. The van der Waals surface area contributed by atoms with Gasteiger partial charge in [-0.1, -0.05) is 18.9 Å². The van der Waals surface area contributed by atoms with Gasteiger partial charge in [-0.05, 0) is 16.3 Å². The normalized spacial score (nSPS) is 10.9. The molecule has 0 saturated heterocycles. The second-order valence-corrected chi connectivity index (χ2v) is 3.52. The topological polar surface area (TPSA) is 64.9 Å². The molecule has 1 rings (SSSR count). The zero-order valence-electron chi connectivity index (χ0n) is 8.90. The number of hydrogen-bond donors (Lipinski definition) is 1. The number of ether oxygens (including phenoxy) is 1. The van der Waals surface area contributed by atoms with Gasteiger partial charge in [-0.25, -0.2) is 4.68 Å². The minimum atomic E-state index is 0.575. The maximum Gasteiger partial charge on any atom is 0.242 e. The van der Waals surface area contributed by atoms with Crippen LogP contribution in [0, 0.1) is 5.92 Å². The molecule has 1 N–H and O–H groups in total. The van der Waals surface area contributed by atoms with Crippen LogP contribution in [0.3, 0.4) is 0 Å². The third kappa shape index (κ3) is 3.69. The molecule has 1 aromatic rings. The number of tetrazole rings is 1. The van der Waals surface area contributed by atoms with Gasteiger partial charge >= 0.3 is 0 Å². The Morgan fingerprint density at radius 2 is 2.29 bits per heavy atom. The van der Waals surface area contributed by atoms with Gasteiger partial charge in [0.05, 0.1) is 6.61 Å². The van der Waals surface area contributed by atoms with Gasteiger partial charge in [-0.2, -0.15) is 0 Å². The smallest absolute Gasteiger partial charge is 0.242 e. The van der Waals surface area contributed by atoms with Gasteiger partial charge in [0.1, 0.15) is 0 Å². The van der Waals surface area contributed by atoms with E-state index in [1.54, 1.807) is 11.7 Å². The Balaban J connectivity index is 2.08. The first-order valence-corrected chi connectivity index (χ1v) is 4.74. The molecule has 14 heavy (non-hydrogen) atoms. The maximum absolute atomic E-state index is 5.39. The first-order chi connectivity index (χ1) is 6.70. The molecule has 80 valence electrons. The molecule has 0 aliphatic rings. The summed E-state index contributed by atoms with van der Waals surface area (Å²) < 4.78 is 6.98. The fourth-order valence-electron chi connectivity index (χ4n) is 0.933. The van der Waals surface area contributed by atoms with Crippen molar-refractivity contribution in [1.82, 2.24) is 20.2 Å². The average Bonchev–Trinajstić information content (AvgIpc) is 2.51. The molecule has 0 amide bonds. The quantitative estimate of drug-likeness (QED) is 0.667. The molecule has 0 atom stereocenters. The minimum absolute atomic E-state index is 0.575. The van der Waals surface area contributed by atoms with Gasteiger partial charge in [0.2, 0.25) is 5.95 Å². The molecule has 0 radical (unpaired) electrons. The molecular weight excluding hydrogens is 182 g/mol. The summed E-state index contributed by atoms with van der Waals surface area (Å²) in [7, 11) is 1.79. The van der Waals surface area contributed by atoms with Gasteiger partial charge in [0.15, 0.2) is 0 Å². The van der Waals surface area contributed by atoms with E-state index in [0.29, 0.717) is 18.5 Å². The molecule has 0 bridgehead atoms. The minimum Gasteiger partial charge on any atom is -0.379 e. The monoisotopic (exact) mass is 199 g/mol. The molecule has 0 unspecified atom stereocenters. The Labute approximate surface area is 83.6 Å². The Hall–Kier alpha value is -1.17. The third-order valence-corrected chi connectivity index (χ3v) is 1.60. The van der Waals surface area contributed by atoms with Gasteiger partial charge < -0.3 is 10.1 Å². The zero-order valence-corrected chi connectivity index (χ0v) is 8.90. The fourth-order valence-corrected chi connectivity index (χ4v) is 0.933. The summed E-state index contributed by atoms with van der Waals surface area (Å²) in [6.07, 6.45) is 0. The highest BCUT2D eigenvalue weighted by Gasteiger charge is 1.99. The van der Waals surface area contributed by atoms with Crippen molar-refractivity contribution in [2.45, 2.75) is 13.8 Å². The Morgan fingerprint density at radius 3 is 2.86 bits per heavy atom. The van der Waals surface area contributed by atoms with Gasteiger partial charge in [-0.15, -0.1) is 0 Å². The van der Waals surface area contributed by atoms with Crippen LogP contribution in [-0.2, 0) is 11.8 Å². The van der Waals surface area contributed by atoms with E-state index >= 15 is 0 Å². The lowest BCUT2D eigenvalue weighted by atomic mass is 10.2. The Morgan fingerprint density at radius 1 is 1.50 bits per heavy atom. The summed E-state index contributed by atoms with van der Waals surface area (Å²) in [5.74, 6) is 1.24. The molecule has 0 spiro atoms. The van der Waals surface area contributed by atoms with E-state index in [4.69, 9.17) is 4.74 Å². The molecular formula is C8H17N5O. The highest BCUT2D eigenvalue weighted by Crippen LogP contribution is 1.95. The highest BCUT2D eigenvalue weighted by molar-refractivity contribution is 5.20. The standard InChI is InChI=1S/C8H17N5O/c1-7(2)6-14-5-4-9-8-10-11-12-13(8)3/h7H,4-6H2,1-3H3,(H,9,10,12). The Kier molecular flexibility index (Phi) is 4.31. The highest BCUT2D eigenvalue weighted by atomic mass is 16.5. The molecule has 0 saturated carbocycles. The molecule has 0 aliphatic heterocycles. The molecule has 0 fully saturated rings. The van der Waals surface area contributed by atoms with Crippen LogP contribution in [0.15, 0.2) is 0 Å². The van der Waals surface area contributed by atoms with Gasteiger partial charge in [0, 0.05) is 20.2 Å².